The number of halogens is 5. The molecule has 0 aliphatic carbocycles. The van der Waals surface area contributed by atoms with Gasteiger partial charge in [0.05, 0.1) is 11.2 Å². The van der Waals surface area contributed by atoms with Crippen molar-refractivity contribution >= 4 is 40.0 Å². The molecule has 0 saturated carbocycles. The molecule has 2 bridgehead atoms. The van der Waals surface area contributed by atoms with Crippen LogP contribution >= 0.6 is 11.6 Å². The predicted molar refractivity (Wildman–Crippen MR) is 111 cm³/mol. The topological polar surface area (TPSA) is 75.2 Å². The minimum absolute atomic E-state index is 0.119. The molecule has 3 aliphatic rings. The SMILES string of the molecule is Fc1cc2ncnc(Nc3ccc(OC(F)F)c(Cl)c3F)c2nc1N1C[C@@H]2CCC1CN2. The van der Waals surface area contributed by atoms with Gasteiger partial charge in [-0.25, -0.2) is 23.7 Å². The maximum Gasteiger partial charge on any atom is 0.387 e. The van der Waals surface area contributed by atoms with Crippen LogP contribution in [0.4, 0.5) is 34.9 Å². The lowest BCUT2D eigenvalue weighted by Crippen LogP contribution is -2.61. The Labute approximate surface area is 184 Å². The maximum atomic E-state index is 14.9. The third-order valence-corrected chi connectivity index (χ3v) is 6.03. The molecule has 0 amide bonds. The van der Waals surface area contributed by atoms with Crippen molar-refractivity contribution in [3.8, 4) is 5.75 Å². The lowest BCUT2D eigenvalue weighted by atomic mass is 9.93. The van der Waals surface area contributed by atoms with Gasteiger partial charge in [0.2, 0.25) is 0 Å². The van der Waals surface area contributed by atoms with Crippen molar-refractivity contribution in [2.24, 2.45) is 0 Å². The van der Waals surface area contributed by atoms with Crippen LogP contribution in [0.5, 0.6) is 5.75 Å². The van der Waals surface area contributed by atoms with Crippen molar-refractivity contribution in [2.75, 3.05) is 23.3 Å². The van der Waals surface area contributed by atoms with Gasteiger partial charge in [0.1, 0.15) is 22.6 Å². The van der Waals surface area contributed by atoms with Crippen molar-refractivity contribution < 1.29 is 22.3 Å². The van der Waals surface area contributed by atoms with E-state index >= 15 is 0 Å². The number of nitrogens with one attached hydrogen (secondary N) is 2. The summed E-state index contributed by atoms with van der Waals surface area (Å²) in [6, 6.07) is 3.96. The molecule has 32 heavy (non-hydrogen) atoms. The smallest absolute Gasteiger partial charge is 0.387 e. The number of hydrogen-bond donors (Lipinski definition) is 2. The molecule has 7 nitrogen and oxygen atoms in total. The van der Waals surface area contributed by atoms with Gasteiger partial charge in [0.25, 0.3) is 0 Å². The number of piperidine rings is 2. The Hall–Kier alpha value is -2.92. The molecule has 12 heteroatoms. The van der Waals surface area contributed by atoms with Crippen LogP contribution in [0.15, 0.2) is 24.5 Å². The lowest BCUT2D eigenvalue weighted by molar-refractivity contribution is -0.0499. The third kappa shape index (κ3) is 3.75. The first kappa shape index (κ1) is 21.0. The Kier molecular flexibility index (Phi) is 5.38. The number of fused-ring (bicyclic) bond motifs is 4. The Bertz CT molecular complexity index is 1170. The van der Waals surface area contributed by atoms with Gasteiger partial charge in [0.15, 0.2) is 23.3 Å². The van der Waals surface area contributed by atoms with E-state index in [0.717, 1.165) is 25.5 Å². The summed E-state index contributed by atoms with van der Waals surface area (Å²) >= 11 is 5.83. The second-order valence-corrected chi connectivity index (χ2v) is 7.99. The van der Waals surface area contributed by atoms with E-state index in [1.807, 2.05) is 4.90 Å². The number of alkyl halides is 2. The molecule has 3 aliphatic heterocycles. The van der Waals surface area contributed by atoms with Crippen LogP contribution in [-0.4, -0.2) is 46.7 Å². The Morgan fingerprint density at radius 2 is 2.06 bits per heavy atom. The van der Waals surface area contributed by atoms with Gasteiger partial charge in [-0.3, -0.25) is 0 Å². The zero-order chi connectivity index (χ0) is 22.4. The van der Waals surface area contributed by atoms with Crippen molar-refractivity contribution in [1.29, 1.82) is 0 Å². The molecule has 5 heterocycles. The van der Waals surface area contributed by atoms with E-state index in [1.165, 1.54) is 18.5 Å². The number of anilines is 3. The summed E-state index contributed by atoms with van der Waals surface area (Å²) in [7, 11) is 0. The normalized spacial score (nSPS) is 20.2. The molecule has 1 aromatic carbocycles. The molecule has 6 rings (SSSR count). The molecule has 0 radical (unpaired) electrons. The Balaban J connectivity index is 1.52. The zero-order valence-electron chi connectivity index (χ0n) is 16.5. The minimum atomic E-state index is -3.14. The molecule has 3 saturated heterocycles. The van der Waals surface area contributed by atoms with E-state index in [1.54, 1.807) is 0 Å². The van der Waals surface area contributed by atoms with Crippen LogP contribution in [0, 0.1) is 11.6 Å². The summed E-state index contributed by atoms with van der Waals surface area (Å²) < 4.78 is 58.7. The summed E-state index contributed by atoms with van der Waals surface area (Å²) in [6.07, 6.45) is 3.15. The Morgan fingerprint density at radius 3 is 2.75 bits per heavy atom. The number of ether oxygens (including phenoxy) is 1. The largest absolute Gasteiger partial charge is 0.433 e. The van der Waals surface area contributed by atoms with E-state index in [2.05, 4.69) is 30.3 Å². The molecular formula is C20H17ClF4N6O. The Morgan fingerprint density at radius 1 is 1.22 bits per heavy atom. The molecule has 2 atom stereocenters. The summed E-state index contributed by atoms with van der Waals surface area (Å²) in [5.41, 5.74) is 0.334. The second-order valence-electron chi connectivity index (χ2n) is 7.62. The second kappa shape index (κ2) is 8.21. The van der Waals surface area contributed by atoms with Crippen molar-refractivity contribution in [3.63, 3.8) is 0 Å². The summed E-state index contributed by atoms with van der Waals surface area (Å²) in [5.74, 6) is -1.69. The number of piperazine rings is 1. The highest BCUT2D eigenvalue weighted by Crippen LogP contribution is 2.36. The highest BCUT2D eigenvalue weighted by molar-refractivity contribution is 6.32. The molecular weight excluding hydrogens is 452 g/mol. The van der Waals surface area contributed by atoms with Gasteiger partial charge in [-0.2, -0.15) is 8.78 Å². The number of pyridine rings is 1. The number of benzene rings is 1. The first-order chi connectivity index (χ1) is 15.4. The molecule has 2 aromatic heterocycles. The fraction of sp³-hybridized carbons (Fsp3) is 0.350. The molecule has 1 unspecified atom stereocenters. The van der Waals surface area contributed by atoms with E-state index < -0.39 is 29.0 Å². The molecule has 3 aromatic rings. The third-order valence-electron chi connectivity index (χ3n) is 5.68. The monoisotopic (exact) mass is 468 g/mol. The minimum Gasteiger partial charge on any atom is -0.433 e. The van der Waals surface area contributed by atoms with E-state index in [-0.39, 0.29) is 40.4 Å². The van der Waals surface area contributed by atoms with E-state index in [0.29, 0.717) is 6.54 Å². The van der Waals surface area contributed by atoms with Crippen LogP contribution in [0.3, 0.4) is 0 Å². The van der Waals surface area contributed by atoms with Crippen LogP contribution in [0.1, 0.15) is 12.8 Å². The quantitative estimate of drug-likeness (QED) is 0.542. The number of rotatable bonds is 5. The van der Waals surface area contributed by atoms with E-state index in [9.17, 15) is 17.6 Å². The maximum absolute atomic E-state index is 14.9. The van der Waals surface area contributed by atoms with Gasteiger partial charge in [-0.15, -0.1) is 0 Å². The average molecular weight is 469 g/mol. The van der Waals surface area contributed by atoms with E-state index in [4.69, 9.17) is 11.6 Å². The van der Waals surface area contributed by atoms with Crippen molar-refractivity contribution in [3.05, 3.63) is 41.2 Å². The van der Waals surface area contributed by atoms with Crippen LogP contribution in [0.2, 0.25) is 5.02 Å². The van der Waals surface area contributed by atoms with Gasteiger partial charge < -0.3 is 20.3 Å². The molecule has 168 valence electrons. The van der Waals surface area contributed by atoms with Gasteiger partial charge >= 0.3 is 6.61 Å². The van der Waals surface area contributed by atoms with Gasteiger partial charge in [-0.1, -0.05) is 11.6 Å². The van der Waals surface area contributed by atoms with Crippen molar-refractivity contribution in [1.82, 2.24) is 20.3 Å². The summed E-state index contributed by atoms with van der Waals surface area (Å²) in [5, 5.41) is 5.55. The first-order valence-electron chi connectivity index (χ1n) is 9.92. The first-order valence-corrected chi connectivity index (χ1v) is 10.3. The highest BCUT2D eigenvalue weighted by Gasteiger charge is 2.35. The number of hydrogen-bond acceptors (Lipinski definition) is 7. The van der Waals surface area contributed by atoms with Crippen LogP contribution in [0.25, 0.3) is 11.0 Å². The summed E-state index contributed by atoms with van der Waals surface area (Å²) in [4.78, 5) is 14.6. The van der Waals surface area contributed by atoms with Crippen LogP contribution in [-0.2, 0) is 0 Å². The fourth-order valence-corrected chi connectivity index (χ4v) is 4.37. The number of nitrogens with zero attached hydrogens (tertiary/aromatic N) is 4. The van der Waals surface area contributed by atoms with Crippen LogP contribution < -0.4 is 20.3 Å². The van der Waals surface area contributed by atoms with Crippen molar-refractivity contribution in [2.45, 2.75) is 31.5 Å². The standard InChI is InChI=1S/C20H17ClF4N6O/c21-15-14(32-20(24)25)4-3-12(16(15)23)29-18-17-13(27-8-28-18)5-11(22)19(30-17)31-7-9-1-2-10(31)6-26-9/h3-5,8-10,20,26H,1-2,6-7H2,(H,27,28,29)/t9-,10?/m0/s1. The van der Waals surface area contributed by atoms with Gasteiger partial charge in [0, 0.05) is 31.2 Å². The summed E-state index contributed by atoms with van der Waals surface area (Å²) in [6.45, 7) is -1.77. The highest BCUT2D eigenvalue weighted by atomic mass is 35.5. The average Bonchev–Trinajstić information content (AvgIpc) is 2.79. The zero-order valence-corrected chi connectivity index (χ0v) is 17.2. The molecule has 2 N–H and O–H groups in total. The lowest BCUT2D eigenvalue weighted by Gasteiger charge is -2.46. The fourth-order valence-electron chi connectivity index (χ4n) is 4.16. The number of aromatic nitrogens is 3. The molecule has 3 fully saturated rings. The molecule has 0 spiro atoms. The van der Waals surface area contributed by atoms with Gasteiger partial charge in [-0.05, 0) is 25.0 Å². The predicted octanol–water partition coefficient (Wildman–Crippen LogP) is 4.24.